The Hall–Kier alpha value is -8.15. The zero-order valence-electron chi connectivity index (χ0n) is 32.4. The number of fused-ring (bicyclic) bond motifs is 5. The Bertz CT molecular complexity index is 3300. The van der Waals surface area contributed by atoms with E-state index in [0.29, 0.717) is 17.5 Å². The molecule has 0 unspecified atom stereocenters. The first-order valence-corrected chi connectivity index (χ1v) is 20.3. The number of para-hydroxylation sites is 3. The lowest BCUT2D eigenvalue weighted by molar-refractivity contribution is 1.08. The van der Waals surface area contributed by atoms with E-state index in [0.717, 1.165) is 55.8 Å². The van der Waals surface area contributed by atoms with E-state index in [-0.39, 0.29) is 0 Å². The zero-order chi connectivity index (χ0) is 39.6. The summed E-state index contributed by atoms with van der Waals surface area (Å²) in [5.41, 5.74) is 14.4. The van der Waals surface area contributed by atoms with Crippen molar-refractivity contribution in [2.24, 2.45) is 0 Å². The summed E-state index contributed by atoms with van der Waals surface area (Å²) in [7, 11) is 0. The number of hydrogen-bond donors (Lipinski definition) is 0. The smallest absolute Gasteiger partial charge is 0.164 e. The second-order valence-electron chi connectivity index (χ2n) is 15.2. The van der Waals surface area contributed by atoms with Crippen LogP contribution in [0.25, 0.3) is 94.7 Å². The molecule has 1 aliphatic rings. The van der Waals surface area contributed by atoms with Gasteiger partial charge in [0.25, 0.3) is 0 Å². The molecule has 60 heavy (non-hydrogen) atoms. The van der Waals surface area contributed by atoms with Gasteiger partial charge in [-0.3, -0.25) is 0 Å². The topological polar surface area (TPSA) is 46.8 Å². The molecular weight excluding hydrogens is 731 g/mol. The van der Waals surface area contributed by atoms with Gasteiger partial charge in [0.1, 0.15) is 0 Å². The van der Waals surface area contributed by atoms with Gasteiger partial charge >= 0.3 is 0 Å². The molecule has 11 aromatic rings. The minimum atomic E-state index is 0.636. The van der Waals surface area contributed by atoms with Crippen molar-refractivity contribution in [1.29, 1.82) is 0 Å². The predicted molar refractivity (Wildman–Crippen MR) is 247 cm³/mol. The minimum absolute atomic E-state index is 0.636. The van der Waals surface area contributed by atoms with Crippen LogP contribution in [0.15, 0.2) is 212 Å². The lowest BCUT2D eigenvalue weighted by atomic mass is 9.85. The lowest BCUT2D eigenvalue weighted by Gasteiger charge is -2.35. The van der Waals surface area contributed by atoms with Gasteiger partial charge in [-0.25, -0.2) is 15.0 Å². The van der Waals surface area contributed by atoms with Crippen LogP contribution in [0.1, 0.15) is 0 Å². The van der Waals surface area contributed by atoms with Gasteiger partial charge in [-0.15, -0.1) is 0 Å². The van der Waals surface area contributed by atoms with Crippen LogP contribution < -0.4 is 4.90 Å². The fraction of sp³-hybridized carbons (Fsp3) is 0. The van der Waals surface area contributed by atoms with E-state index in [4.69, 9.17) is 15.0 Å². The molecule has 1 aliphatic heterocycles. The third-order valence-corrected chi connectivity index (χ3v) is 11.8. The molecule has 0 radical (unpaired) electrons. The lowest BCUT2D eigenvalue weighted by Crippen LogP contribution is -2.15. The third-order valence-electron chi connectivity index (χ3n) is 11.8. The summed E-state index contributed by atoms with van der Waals surface area (Å²) in [6, 6.07) is 75.2. The Morgan fingerprint density at radius 1 is 0.300 bits per heavy atom. The van der Waals surface area contributed by atoms with Gasteiger partial charge in [0, 0.05) is 49.8 Å². The van der Waals surface area contributed by atoms with Crippen molar-refractivity contribution >= 4 is 49.6 Å². The molecule has 280 valence electrons. The van der Waals surface area contributed by atoms with E-state index in [1.807, 2.05) is 36.4 Å². The van der Waals surface area contributed by atoms with Gasteiger partial charge in [-0.1, -0.05) is 158 Å². The van der Waals surface area contributed by atoms with Crippen LogP contribution in [0, 0.1) is 0 Å². The van der Waals surface area contributed by atoms with Crippen molar-refractivity contribution in [2.75, 3.05) is 4.90 Å². The number of rotatable bonds is 6. The van der Waals surface area contributed by atoms with Crippen LogP contribution in [0.2, 0.25) is 0 Å². The highest BCUT2D eigenvalue weighted by molar-refractivity contribution is 6.19. The van der Waals surface area contributed by atoms with Crippen LogP contribution >= 0.6 is 0 Å². The van der Waals surface area contributed by atoms with Crippen molar-refractivity contribution in [2.45, 2.75) is 0 Å². The summed E-state index contributed by atoms with van der Waals surface area (Å²) < 4.78 is 2.37. The molecule has 9 aromatic carbocycles. The summed E-state index contributed by atoms with van der Waals surface area (Å²) in [4.78, 5) is 17.7. The fourth-order valence-corrected chi connectivity index (χ4v) is 9.13. The Balaban J connectivity index is 1.07. The van der Waals surface area contributed by atoms with Gasteiger partial charge in [0.05, 0.1) is 22.4 Å². The van der Waals surface area contributed by atoms with Crippen molar-refractivity contribution < 1.29 is 0 Å². The number of anilines is 3. The largest absolute Gasteiger partial charge is 0.309 e. The first-order chi connectivity index (χ1) is 29.8. The Labute approximate surface area is 347 Å². The highest BCUT2D eigenvalue weighted by Gasteiger charge is 2.30. The van der Waals surface area contributed by atoms with Crippen LogP contribution in [-0.2, 0) is 0 Å². The number of aromatic nitrogens is 4. The molecule has 0 fully saturated rings. The van der Waals surface area contributed by atoms with Gasteiger partial charge in [0.2, 0.25) is 0 Å². The average Bonchev–Trinajstić information content (AvgIpc) is 3.67. The summed E-state index contributed by atoms with van der Waals surface area (Å²) in [6.45, 7) is 0. The zero-order valence-corrected chi connectivity index (χ0v) is 32.4. The molecule has 0 spiro atoms. The number of nitrogens with zero attached hydrogens (tertiary/aromatic N) is 5. The van der Waals surface area contributed by atoms with Crippen molar-refractivity contribution in [3.8, 4) is 62.1 Å². The normalized spacial score (nSPS) is 12.0. The maximum absolute atomic E-state index is 5.17. The van der Waals surface area contributed by atoms with E-state index >= 15 is 0 Å². The van der Waals surface area contributed by atoms with Crippen LogP contribution in [0.3, 0.4) is 0 Å². The second kappa shape index (κ2) is 13.8. The maximum atomic E-state index is 5.17. The summed E-state index contributed by atoms with van der Waals surface area (Å²) in [5, 5.41) is 4.75. The van der Waals surface area contributed by atoms with Gasteiger partial charge in [-0.05, 0) is 76.7 Å². The molecule has 2 aromatic heterocycles. The average molecular weight is 766 g/mol. The molecule has 5 nitrogen and oxygen atoms in total. The third kappa shape index (κ3) is 5.37. The fourth-order valence-electron chi connectivity index (χ4n) is 9.13. The van der Waals surface area contributed by atoms with E-state index in [9.17, 15) is 0 Å². The Kier molecular flexibility index (Phi) is 7.78. The molecule has 0 saturated carbocycles. The van der Waals surface area contributed by atoms with Crippen LogP contribution in [0.5, 0.6) is 0 Å². The second-order valence-corrected chi connectivity index (χ2v) is 15.2. The summed E-state index contributed by atoms with van der Waals surface area (Å²) in [6.07, 6.45) is 0. The Morgan fingerprint density at radius 2 is 0.833 bits per heavy atom. The monoisotopic (exact) mass is 765 g/mol. The number of benzene rings is 9. The summed E-state index contributed by atoms with van der Waals surface area (Å²) >= 11 is 0. The summed E-state index contributed by atoms with van der Waals surface area (Å²) in [5.74, 6) is 1.92. The molecule has 0 N–H and O–H groups in total. The molecule has 0 atom stereocenters. The molecule has 3 heterocycles. The quantitative estimate of drug-likeness (QED) is 0.169. The molecule has 0 aliphatic carbocycles. The predicted octanol–water partition coefficient (Wildman–Crippen LogP) is 14.2. The van der Waals surface area contributed by atoms with Crippen LogP contribution in [-0.4, -0.2) is 19.5 Å². The van der Waals surface area contributed by atoms with E-state index in [2.05, 4.69) is 185 Å². The van der Waals surface area contributed by atoms with E-state index in [1.165, 1.54) is 38.5 Å². The molecule has 0 saturated heterocycles. The first-order valence-electron chi connectivity index (χ1n) is 20.3. The first kappa shape index (κ1) is 33.9. The highest BCUT2D eigenvalue weighted by atomic mass is 15.2. The van der Waals surface area contributed by atoms with Gasteiger partial charge in [0.15, 0.2) is 17.5 Å². The van der Waals surface area contributed by atoms with Gasteiger partial charge < -0.3 is 9.47 Å². The molecule has 5 heteroatoms. The standard InChI is InChI=1S/C55H35N5/c1-4-16-37(17-5-1)53-56-54(38-18-6-2-7-19-38)58-55(57-53)45-34-35-50-52-44(45)25-14-26-46(52)51-41(24-15-29-49(51)60(50)39-20-8-3-9-21-39)36-30-32-40(33-31-36)59-47-27-12-10-22-42(47)43-23-11-13-28-48(43)59/h1-35H. The Morgan fingerprint density at radius 3 is 1.48 bits per heavy atom. The SMILES string of the molecule is c1ccc(-c2nc(-c3ccccc3)nc(-c3ccc4c5c(cccc35)-c3c(-c5ccc(-n6c7ccccc7c7ccccc76)cc5)cccc3N4c3ccccc3)n2)cc1. The van der Waals surface area contributed by atoms with Crippen molar-refractivity contribution in [1.82, 2.24) is 19.5 Å². The number of hydrogen-bond acceptors (Lipinski definition) is 4. The highest BCUT2D eigenvalue weighted by Crippen LogP contribution is 2.55. The molecule has 0 amide bonds. The minimum Gasteiger partial charge on any atom is -0.309 e. The van der Waals surface area contributed by atoms with Crippen LogP contribution in [0.4, 0.5) is 17.1 Å². The molecular formula is C55H35N5. The van der Waals surface area contributed by atoms with Gasteiger partial charge in [-0.2, -0.15) is 0 Å². The molecule has 12 rings (SSSR count). The van der Waals surface area contributed by atoms with Crippen molar-refractivity contribution in [3.63, 3.8) is 0 Å². The van der Waals surface area contributed by atoms with E-state index < -0.39 is 0 Å². The van der Waals surface area contributed by atoms with E-state index in [1.54, 1.807) is 0 Å². The maximum Gasteiger partial charge on any atom is 0.164 e. The molecule has 0 bridgehead atoms. The van der Waals surface area contributed by atoms with Crippen molar-refractivity contribution in [3.05, 3.63) is 212 Å².